The molecule has 3 aliphatic rings. The number of carbonyl (C=O) groups excluding carboxylic acids is 2. The van der Waals surface area contributed by atoms with Crippen LogP contribution in [0.1, 0.15) is 49.7 Å². The maximum atomic E-state index is 13.3. The van der Waals surface area contributed by atoms with Crippen molar-refractivity contribution in [3.63, 3.8) is 0 Å². The van der Waals surface area contributed by atoms with Crippen molar-refractivity contribution in [1.29, 1.82) is 0 Å². The van der Waals surface area contributed by atoms with Crippen molar-refractivity contribution in [2.75, 3.05) is 19.7 Å². The number of nitrogens with one attached hydrogen (secondary N) is 1. The van der Waals surface area contributed by atoms with Crippen LogP contribution in [0.15, 0.2) is 48.5 Å². The van der Waals surface area contributed by atoms with Crippen molar-refractivity contribution in [1.82, 2.24) is 10.2 Å². The summed E-state index contributed by atoms with van der Waals surface area (Å²) in [5.41, 5.74) is 4.58. The summed E-state index contributed by atoms with van der Waals surface area (Å²) in [5, 5.41) is 12.3. The van der Waals surface area contributed by atoms with Gasteiger partial charge in [0.1, 0.15) is 12.6 Å². The van der Waals surface area contributed by atoms with Crippen molar-refractivity contribution < 1.29 is 24.2 Å². The molecule has 2 aromatic rings. The number of hydrogen-bond acceptors (Lipinski definition) is 4. The van der Waals surface area contributed by atoms with Crippen molar-refractivity contribution in [2.45, 2.75) is 44.6 Å². The highest BCUT2D eigenvalue weighted by atomic mass is 16.5. The molecule has 1 saturated carbocycles. The van der Waals surface area contributed by atoms with Gasteiger partial charge < -0.3 is 20.1 Å². The Morgan fingerprint density at radius 1 is 1.03 bits per heavy atom. The number of ether oxygens (including phenoxy) is 1. The Labute approximate surface area is 205 Å². The van der Waals surface area contributed by atoms with Crippen molar-refractivity contribution in [2.24, 2.45) is 17.8 Å². The average molecular weight is 477 g/mol. The first-order chi connectivity index (χ1) is 16.9. The van der Waals surface area contributed by atoms with Gasteiger partial charge in [0, 0.05) is 19.0 Å². The zero-order chi connectivity index (χ0) is 24.5. The monoisotopic (exact) mass is 476 g/mol. The number of carboxylic acids is 1. The minimum absolute atomic E-state index is 0.0218. The largest absolute Gasteiger partial charge is 0.481 e. The molecule has 5 rings (SSSR count). The fraction of sp³-hybridized carbons (Fsp3) is 0.464. The number of hydrogen-bond donors (Lipinski definition) is 2. The highest BCUT2D eigenvalue weighted by Gasteiger charge is 2.38. The molecule has 2 amide bonds. The van der Waals surface area contributed by atoms with Crippen molar-refractivity contribution >= 4 is 18.0 Å². The molecule has 2 N–H and O–H groups in total. The highest BCUT2D eigenvalue weighted by Crippen LogP contribution is 2.44. The fourth-order valence-electron chi connectivity index (χ4n) is 5.50. The molecule has 7 heteroatoms. The van der Waals surface area contributed by atoms with E-state index < -0.39 is 24.0 Å². The number of rotatable bonds is 7. The molecule has 184 valence electrons. The quantitative estimate of drug-likeness (QED) is 0.622. The number of likely N-dealkylation sites (tertiary alicyclic amines) is 1. The van der Waals surface area contributed by atoms with Crippen LogP contribution in [-0.4, -0.2) is 53.7 Å². The minimum Gasteiger partial charge on any atom is -0.481 e. The number of carboxylic acid groups (broad SMARTS) is 1. The zero-order valence-corrected chi connectivity index (χ0v) is 20.0. The van der Waals surface area contributed by atoms with Gasteiger partial charge in [-0.25, -0.2) is 4.79 Å². The molecule has 0 spiro atoms. The summed E-state index contributed by atoms with van der Waals surface area (Å²) >= 11 is 0. The lowest BCUT2D eigenvalue weighted by Crippen LogP contribution is -2.53. The second kappa shape index (κ2) is 9.72. The van der Waals surface area contributed by atoms with Gasteiger partial charge >= 0.3 is 12.1 Å². The van der Waals surface area contributed by atoms with E-state index in [9.17, 15) is 19.5 Å². The van der Waals surface area contributed by atoms with E-state index in [0.717, 1.165) is 35.1 Å². The van der Waals surface area contributed by atoms with Gasteiger partial charge in [-0.2, -0.15) is 0 Å². The van der Waals surface area contributed by atoms with E-state index >= 15 is 0 Å². The molecule has 1 heterocycles. The number of piperidine rings is 1. The van der Waals surface area contributed by atoms with Gasteiger partial charge in [-0.05, 0) is 46.9 Å². The van der Waals surface area contributed by atoms with Gasteiger partial charge in [0.15, 0.2) is 0 Å². The standard InChI is InChI=1S/C28H32N2O5/c1-17-12-13-30(15-23(17)27(32)33)26(31)25(14-18-10-11-18)29-28(34)35-16-24-21-8-4-2-6-19(21)20-7-3-5-9-22(20)24/h2-9,17-18,23-25H,10-16H2,1H3,(H,29,34)(H,32,33). The number of alkyl carbamates (subject to hydrolysis) is 1. The van der Waals surface area contributed by atoms with Crippen LogP contribution in [0.3, 0.4) is 0 Å². The number of nitrogens with zero attached hydrogens (tertiary/aromatic N) is 1. The summed E-state index contributed by atoms with van der Waals surface area (Å²) < 4.78 is 5.67. The molecule has 1 aliphatic heterocycles. The van der Waals surface area contributed by atoms with Gasteiger partial charge in [-0.1, -0.05) is 68.3 Å². The maximum absolute atomic E-state index is 13.3. The van der Waals surface area contributed by atoms with E-state index in [1.165, 1.54) is 0 Å². The molecule has 3 unspecified atom stereocenters. The molecule has 2 fully saturated rings. The van der Waals surface area contributed by atoms with Crippen LogP contribution in [-0.2, 0) is 14.3 Å². The molecule has 2 aromatic carbocycles. The molecular formula is C28H32N2O5. The first kappa shape index (κ1) is 23.4. The van der Waals surface area contributed by atoms with Crippen LogP contribution in [0, 0.1) is 17.8 Å². The molecule has 1 saturated heterocycles. The predicted molar refractivity (Wildman–Crippen MR) is 131 cm³/mol. The third-order valence-corrected chi connectivity index (χ3v) is 7.79. The number of aliphatic carboxylic acids is 1. The van der Waals surface area contributed by atoms with Gasteiger partial charge in [-0.15, -0.1) is 0 Å². The van der Waals surface area contributed by atoms with Crippen LogP contribution >= 0.6 is 0 Å². The van der Waals surface area contributed by atoms with E-state index in [0.29, 0.717) is 25.3 Å². The third-order valence-electron chi connectivity index (χ3n) is 7.79. The average Bonchev–Trinajstić information content (AvgIpc) is 3.62. The zero-order valence-electron chi connectivity index (χ0n) is 20.0. The summed E-state index contributed by atoms with van der Waals surface area (Å²) in [6.07, 6.45) is 2.69. The Balaban J connectivity index is 1.24. The first-order valence-corrected chi connectivity index (χ1v) is 12.6. The second-order valence-corrected chi connectivity index (χ2v) is 10.2. The maximum Gasteiger partial charge on any atom is 0.407 e. The Morgan fingerprint density at radius 2 is 1.66 bits per heavy atom. The SMILES string of the molecule is CC1CCN(C(=O)C(CC2CC2)NC(=O)OCC2c3ccccc3-c3ccccc32)CC1C(=O)O. The van der Waals surface area contributed by atoms with Crippen LogP contribution in [0.5, 0.6) is 0 Å². The smallest absolute Gasteiger partial charge is 0.407 e. The normalized spacial score (nSPS) is 22.1. The molecule has 0 aromatic heterocycles. The summed E-state index contributed by atoms with van der Waals surface area (Å²) in [7, 11) is 0. The van der Waals surface area contributed by atoms with Gasteiger partial charge in [0.25, 0.3) is 0 Å². The second-order valence-electron chi connectivity index (χ2n) is 10.2. The topological polar surface area (TPSA) is 95.9 Å². The van der Waals surface area contributed by atoms with Crippen LogP contribution < -0.4 is 5.32 Å². The van der Waals surface area contributed by atoms with E-state index in [1.54, 1.807) is 4.90 Å². The molecule has 35 heavy (non-hydrogen) atoms. The lowest BCUT2D eigenvalue weighted by molar-refractivity contribution is -0.148. The van der Waals surface area contributed by atoms with Crippen LogP contribution in [0.4, 0.5) is 4.79 Å². The first-order valence-electron chi connectivity index (χ1n) is 12.6. The Morgan fingerprint density at radius 3 is 2.26 bits per heavy atom. The van der Waals surface area contributed by atoms with E-state index in [2.05, 4.69) is 29.6 Å². The van der Waals surface area contributed by atoms with Crippen LogP contribution in [0.2, 0.25) is 0 Å². The molecule has 0 radical (unpaired) electrons. The van der Waals surface area contributed by atoms with E-state index in [4.69, 9.17) is 4.74 Å². The lowest BCUT2D eigenvalue weighted by Gasteiger charge is -2.36. The van der Waals surface area contributed by atoms with Gasteiger partial charge in [-0.3, -0.25) is 9.59 Å². The Bertz CT molecular complexity index is 1080. The van der Waals surface area contributed by atoms with E-state index in [-0.39, 0.29) is 30.9 Å². The van der Waals surface area contributed by atoms with Crippen molar-refractivity contribution in [3.05, 3.63) is 59.7 Å². The molecular weight excluding hydrogens is 444 g/mol. The number of fused-ring (bicyclic) bond motifs is 3. The van der Waals surface area contributed by atoms with Crippen LogP contribution in [0.25, 0.3) is 11.1 Å². The lowest BCUT2D eigenvalue weighted by atomic mass is 9.86. The molecule has 0 bridgehead atoms. The van der Waals surface area contributed by atoms with Gasteiger partial charge in [0.05, 0.1) is 5.92 Å². The van der Waals surface area contributed by atoms with E-state index in [1.807, 2.05) is 31.2 Å². The summed E-state index contributed by atoms with van der Waals surface area (Å²) in [6, 6.07) is 15.6. The Hall–Kier alpha value is -3.35. The molecule has 3 atom stereocenters. The number of amides is 2. The number of benzene rings is 2. The highest BCUT2D eigenvalue weighted by molar-refractivity contribution is 5.86. The summed E-state index contributed by atoms with van der Waals surface area (Å²) in [6.45, 7) is 2.80. The minimum atomic E-state index is -0.877. The fourth-order valence-corrected chi connectivity index (χ4v) is 5.50. The van der Waals surface area contributed by atoms with Crippen molar-refractivity contribution in [3.8, 4) is 11.1 Å². The third kappa shape index (κ3) is 4.90. The summed E-state index contributed by atoms with van der Waals surface area (Å²) in [4.78, 5) is 39.4. The predicted octanol–water partition coefficient (Wildman–Crippen LogP) is 4.26. The Kier molecular flexibility index (Phi) is 6.50. The molecule has 7 nitrogen and oxygen atoms in total. The molecule has 2 aliphatic carbocycles. The summed E-state index contributed by atoms with van der Waals surface area (Å²) in [5.74, 6) is -1.28. The van der Waals surface area contributed by atoms with Gasteiger partial charge in [0.2, 0.25) is 5.91 Å². The number of carbonyl (C=O) groups is 3.